The second-order valence-electron chi connectivity index (χ2n) is 8.43. The van der Waals surface area contributed by atoms with Gasteiger partial charge >= 0.3 is 0 Å². The van der Waals surface area contributed by atoms with E-state index in [0.717, 1.165) is 35.0 Å². The summed E-state index contributed by atoms with van der Waals surface area (Å²) >= 11 is 0. The van der Waals surface area contributed by atoms with Crippen LogP contribution >= 0.6 is 0 Å². The fourth-order valence-electron chi connectivity index (χ4n) is 4.70. The van der Waals surface area contributed by atoms with E-state index in [4.69, 9.17) is 4.74 Å². The minimum absolute atomic E-state index is 0.0503. The Bertz CT molecular complexity index is 1340. The van der Waals surface area contributed by atoms with Crippen molar-refractivity contribution in [1.29, 1.82) is 0 Å². The van der Waals surface area contributed by atoms with E-state index in [9.17, 15) is 8.42 Å². The van der Waals surface area contributed by atoms with E-state index in [1.165, 1.54) is 0 Å². The zero-order valence-corrected chi connectivity index (χ0v) is 18.9. The predicted octanol–water partition coefficient (Wildman–Crippen LogP) is 4.14. The van der Waals surface area contributed by atoms with E-state index in [0.29, 0.717) is 12.3 Å². The summed E-state index contributed by atoms with van der Waals surface area (Å²) in [5, 5.41) is 8.04. The van der Waals surface area contributed by atoms with Gasteiger partial charge in [0, 0.05) is 54.1 Å². The maximum Gasteiger partial charge on any atom is 0.243 e. The average molecular weight is 451 g/mol. The Morgan fingerprint density at radius 1 is 1.16 bits per heavy atom. The van der Waals surface area contributed by atoms with E-state index >= 15 is 0 Å². The summed E-state index contributed by atoms with van der Waals surface area (Å²) in [5.74, 6) is 0.789. The van der Waals surface area contributed by atoms with Crippen LogP contribution in [0.3, 0.4) is 0 Å². The number of methoxy groups -OCH3 is 1. The zero-order chi connectivity index (χ0) is 22.3. The highest BCUT2D eigenvalue weighted by molar-refractivity contribution is 7.89. The number of hydrogen-bond donors (Lipinski definition) is 1. The molecule has 2 atom stereocenters. The maximum absolute atomic E-state index is 13.3. The first-order valence-corrected chi connectivity index (χ1v) is 12.1. The standard InChI is InChI=1S/C24H26N4O3S/c1-17-10-18(16-28(17)32(29,30)23-5-3-4-22(12-23)31-2)15-27-9-8-20-11-19(6-7-24(20)27)21-13-25-26-14-21/h3-9,11-14,17-18H,10,15-16H2,1-2H3,(H,25,26)/t17-,18+/m1/s1. The number of ether oxygens (including phenoxy) is 1. The number of benzene rings is 2. The highest BCUT2D eigenvalue weighted by atomic mass is 32.2. The van der Waals surface area contributed by atoms with Gasteiger partial charge in [0.2, 0.25) is 10.0 Å². The van der Waals surface area contributed by atoms with Gasteiger partial charge in [-0.3, -0.25) is 5.10 Å². The van der Waals surface area contributed by atoms with Crippen molar-refractivity contribution >= 4 is 20.9 Å². The Kier molecular flexibility index (Phi) is 5.27. The van der Waals surface area contributed by atoms with E-state index in [-0.39, 0.29) is 16.9 Å². The van der Waals surface area contributed by atoms with Crippen molar-refractivity contribution in [3.05, 3.63) is 67.1 Å². The Morgan fingerprint density at radius 2 is 2.03 bits per heavy atom. The molecule has 1 saturated heterocycles. The van der Waals surface area contributed by atoms with Gasteiger partial charge in [0.15, 0.2) is 0 Å². The van der Waals surface area contributed by atoms with Gasteiger partial charge in [-0.1, -0.05) is 12.1 Å². The molecule has 0 spiro atoms. The zero-order valence-electron chi connectivity index (χ0n) is 18.1. The molecule has 1 N–H and O–H groups in total. The lowest BCUT2D eigenvalue weighted by Gasteiger charge is -2.21. The molecule has 0 unspecified atom stereocenters. The third-order valence-electron chi connectivity index (χ3n) is 6.31. The molecule has 0 aliphatic carbocycles. The van der Waals surface area contributed by atoms with Gasteiger partial charge in [0.1, 0.15) is 5.75 Å². The number of nitrogens with zero attached hydrogens (tertiary/aromatic N) is 3. The van der Waals surface area contributed by atoms with Crippen LogP contribution in [0.4, 0.5) is 0 Å². The Hall–Kier alpha value is -3.10. The predicted molar refractivity (Wildman–Crippen MR) is 124 cm³/mol. The van der Waals surface area contributed by atoms with E-state index in [2.05, 4.69) is 45.2 Å². The molecule has 3 heterocycles. The molecule has 0 amide bonds. The Balaban J connectivity index is 1.35. The van der Waals surface area contributed by atoms with Crippen LogP contribution < -0.4 is 4.74 Å². The van der Waals surface area contributed by atoms with Crippen molar-refractivity contribution in [2.45, 2.75) is 30.8 Å². The van der Waals surface area contributed by atoms with Crippen LogP contribution in [0.5, 0.6) is 5.75 Å². The molecule has 1 aliphatic heterocycles. The van der Waals surface area contributed by atoms with Gasteiger partial charge in [-0.2, -0.15) is 9.40 Å². The number of nitrogens with one attached hydrogen (secondary N) is 1. The van der Waals surface area contributed by atoms with Crippen LogP contribution in [0.25, 0.3) is 22.0 Å². The molecule has 1 aliphatic rings. The van der Waals surface area contributed by atoms with Gasteiger partial charge in [-0.15, -0.1) is 0 Å². The first-order valence-electron chi connectivity index (χ1n) is 10.7. The van der Waals surface area contributed by atoms with Crippen LogP contribution in [0.2, 0.25) is 0 Å². The first-order chi connectivity index (χ1) is 15.5. The molecule has 4 aromatic rings. The fraction of sp³-hybridized carbons (Fsp3) is 0.292. The Morgan fingerprint density at radius 3 is 2.81 bits per heavy atom. The van der Waals surface area contributed by atoms with Crippen molar-refractivity contribution in [2.75, 3.05) is 13.7 Å². The lowest BCUT2D eigenvalue weighted by atomic mass is 10.1. The second-order valence-corrected chi connectivity index (χ2v) is 10.3. The fourth-order valence-corrected chi connectivity index (χ4v) is 6.45. The number of aromatic nitrogens is 3. The largest absolute Gasteiger partial charge is 0.497 e. The van der Waals surface area contributed by atoms with Gasteiger partial charge in [-0.05, 0) is 55.2 Å². The third kappa shape index (κ3) is 3.69. The molecule has 32 heavy (non-hydrogen) atoms. The van der Waals surface area contributed by atoms with Crippen molar-refractivity contribution in [3.8, 4) is 16.9 Å². The van der Waals surface area contributed by atoms with Crippen LogP contribution in [-0.2, 0) is 16.6 Å². The van der Waals surface area contributed by atoms with Gasteiger partial charge < -0.3 is 9.30 Å². The van der Waals surface area contributed by atoms with Crippen LogP contribution in [0.1, 0.15) is 13.3 Å². The summed E-state index contributed by atoms with van der Waals surface area (Å²) in [6, 6.07) is 15.1. The molecular weight excluding hydrogens is 424 g/mol. The highest BCUT2D eigenvalue weighted by Crippen LogP contribution is 2.32. The molecule has 0 bridgehead atoms. The van der Waals surface area contributed by atoms with Gasteiger partial charge in [-0.25, -0.2) is 8.42 Å². The van der Waals surface area contributed by atoms with Crippen molar-refractivity contribution < 1.29 is 13.2 Å². The summed E-state index contributed by atoms with van der Waals surface area (Å²) in [6.07, 6.45) is 6.62. The number of sulfonamides is 1. The smallest absolute Gasteiger partial charge is 0.243 e. The van der Waals surface area contributed by atoms with E-state index in [1.807, 2.05) is 19.3 Å². The van der Waals surface area contributed by atoms with Gasteiger partial charge in [0.25, 0.3) is 0 Å². The average Bonchev–Trinajstić information content (AvgIpc) is 3.54. The Labute approximate surface area is 187 Å². The number of aromatic amines is 1. The normalized spacial score (nSPS) is 19.6. The lowest BCUT2D eigenvalue weighted by Crippen LogP contribution is -2.34. The number of rotatable bonds is 6. The van der Waals surface area contributed by atoms with E-state index < -0.39 is 10.0 Å². The van der Waals surface area contributed by atoms with Crippen molar-refractivity contribution in [2.24, 2.45) is 5.92 Å². The summed E-state index contributed by atoms with van der Waals surface area (Å²) in [6.45, 7) is 3.28. The minimum Gasteiger partial charge on any atom is -0.497 e. The second kappa shape index (κ2) is 8.11. The molecule has 0 radical (unpaired) electrons. The van der Waals surface area contributed by atoms with Crippen molar-refractivity contribution in [1.82, 2.24) is 19.1 Å². The highest BCUT2D eigenvalue weighted by Gasteiger charge is 2.38. The number of hydrogen-bond acceptors (Lipinski definition) is 4. The first kappa shape index (κ1) is 20.8. The summed E-state index contributed by atoms with van der Waals surface area (Å²) < 4.78 is 35.6. The molecule has 1 fully saturated rings. The molecule has 2 aromatic heterocycles. The molecule has 166 valence electrons. The SMILES string of the molecule is COc1cccc(S(=O)(=O)N2C[C@H](Cn3ccc4cc(-c5cn[nH]c5)ccc43)C[C@H]2C)c1. The van der Waals surface area contributed by atoms with Crippen molar-refractivity contribution in [3.63, 3.8) is 0 Å². The topological polar surface area (TPSA) is 80.2 Å². The quantitative estimate of drug-likeness (QED) is 0.479. The number of H-pyrrole nitrogens is 1. The molecule has 0 saturated carbocycles. The summed E-state index contributed by atoms with van der Waals surface area (Å²) in [7, 11) is -2.03. The third-order valence-corrected chi connectivity index (χ3v) is 8.29. The minimum atomic E-state index is -3.57. The monoisotopic (exact) mass is 450 g/mol. The maximum atomic E-state index is 13.3. The van der Waals surface area contributed by atoms with E-state index in [1.54, 1.807) is 35.7 Å². The molecule has 5 rings (SSSR count). The summed E-state index contributed by atoms with van der Waals surface area (Å²) in [5.41, 5.74) is 3.33. The molecule has 8 heteroatoms. The number of fused-ring (bicyclic) bond motifs is 1. The van der Waals surface area contributed by atoms with Gasteiger partial charge in [0.05, 0.1) is 18.2 Å². The summed E-state index contributed by atoms with van der Waals surface area (Å²) in [4.78, 5) is 0.280. The van der Waals surface area contributed by atoms with Crippen LogP contribution in [0.15, 0.2) is 72.0 Å². The van der Waals surface area contributed by atoms with Crippen LogP contribution in [0, 0.1) is 5.92 Å². The molecular formula is C24H26N4O3S. The van der Waals surface area contributed by atoms with Crippen LogP contribution in [-0.4, -0.2) is 47.2 Å². The molecule has 2 aromatic carbocycles. The molecule has 7 nitrogen and oxygen atoms in total. The lowest BCUT2D eigenvalue weighted by molar-refractivity contribution is 0.397.